The van der Waals surface area contributed by atoms with Crippen molar-refractivity contribution >= 4 is 11.6 Å². The van der Waals surface area contributed by atoms with Gasteiger partial charge in [0.2, 0.25) is 0 Å². The highest BCUT2D eigenvalue weighted by molar-refractivity contribution is 6.31. The fourth-order valence-electron chi connectivity index (χ4n) is 1.86. The normalized spacial score (nSPS) is 16.9. The molecule has 1 atom stereocenters. The van der Waals surface area contributed by atoms with Crippen LogP contribution in [0, 0.1) is 0 Å². The predicted molar refractivity (Wildman–Crippen MR) is 70.8 cm³/mol. The van der Waals surface area contributed by atoms with Gasteiger partial charge in [-0.3, -0.25) is 0 Å². The van der Waals surface area contributed by atoms with Crippen LogP contribution in [0.15, 0.2) is 18.2 Å². The number of methoxy groups -OCH3 is 1. The summed E-state index contributed by atoms with van der Waals surface area (Å²) in [5, 5.41) is 7.55. The molecule has 0 aliphatic heterocycles. The minimum atomic E-state index is 0.244. The van der Waals surface area contributed by atoms with Crippen LogP contribution in [0.3, 0.4) is 0 Å². The summed E-state index contributed by atoms with van der Waals surface area (Å²) in [7, 11) is 3.61. The topological polar surface area (TPSA) is 33.3 Å². The van der Waals surface area contributed by atoms with Crippen molar-refractivity contribution in [2.24, 2.45) is 0 Å². The number of hydrogen-bond acceptors (Lipinski definition) is 3. The molecular weight excluding hydrogens is 236 g/mol. The summed E-state index contributed by atoms with van der Waals surface area (Å²) in [5.41, 5.74) is 1.11. The summed E-state index contributed by atoms with van der Waals surface area (Å²) in [5.74, 6) is 0.795. The van der Waals surface area contributed by atoms with Crippen LogP contribution >= 0.6 is 11.6 Å². The zero-order valence-electron chi connectivity index (χ0n) is 10.3. The van der Waals surface area contributed by atoms with Gasteiger partial charge in [0, 0.05) is 23.7 Å². The summed E-state index contributed by atoms with van der Waals surface area (Å²) < 4.78 is 5.15. The number of benzene rings is 1. The molecule has 0 amide bonds. The molecule has 0 spiro atoms. The molecule has 0 aromatic heterocycles. The highest BCUT2D eigenvalue weighted by Crippen LogP contribution is 2.27. The van der Waals surface area contributed by atoms with E-state index in [2.05, 4.69) is 10.6 Å². The van der Waals surface area contributed by atoms with E-state index in [1.54, 1.807) is 7.11 Å². The van der Waals surface area contributed by atoms with Crippen LogP contribution in [-0.2, 0) is 0 Å². The van der Waals surface area contributed by atoms with E-state index in [0.29, 0.717) is 6.04 Å². The molecule has 1 aliphatic carbocycles. The number of halogens is 1. The predicted octanol–water partition coefficient (Wildman–Crippen LogP) is 2.36. The van der Waals surface area contributed by atoms with E-state index in [9.17, 15) is 0 Å². The maximum atomic E-state index is 6.26. The second-order valence-corrected chi connectivity index (χ2v) is 4.82. The maximum Gasteiger partial charge on any atom is 0.120 e. The van der Waals surface area contributed by atoms with Crippen molar-refractivity contribution < 1.29 is 4.74 Å². The zero-order valence-corrected chi connectivity index (χ0v) is 11.1. The van der Waals surface area contributed by atoms with Gasteiger partial charge in [-0.1, -0.05) is 17.7 Å². The number of nitrogens with one attached hydrogen (secondary N) is 2. The molecule has 1 aromatic carbocycles. The molecule has 1 unspecified atom stereocenters. The Bertz CT molecular complexity index is 380. The van der Waals surface area contributed by atoms with Gasteiger partial charge in [-0.15, -0.1) is 0 Å². The summed E-state index contributed by atoms with van der Waals surface area (Å²) in [4.78, 5) is 0. The van der Waals surface area contributed by atoms with Crippen LogP contribution in [0.5, 0.6) is 5.75 Å². The second-order valence-electron chi connectivity index (χ2n) is 4.41. The van der Waals surface area contributed by atoms with Crippen molar-refractivity contribution in [3.05, 3.63) is 28.8 Å². The third kappa shape index (κ3) is 3.35. The molecular formula is C13H19ClN2O. The Morgan fingerprint density at radius 3 is 2.76 bits per heavy atom. The molecule has 17 heavy (non-hydrogen) atoms. The fourth-order valence-corrected chi connectivity index (χ4v) is 2.16. The molecule has 1 saturated carbocycles. The lowest BCUT2D eigenvalue weighted by Crippen LogP contribution is -2.30. The average molecular weight is 255 g/mol. The SMILES string of the molecule is CNC(CNC1CC1)c1ccc(OC)cc1Cl. The molecule has 0 radical (unpaired) electrons. The largest absolute Gasteiger partial charge is 0.497 e. The van der Waals surface area contributed by atoms with E-state index in [-0.39, 0.29) is 6.04 Å². The van der Waals surface area contributed by atoms with E-state index < -0.39 is 0 Å². The maximum absolute atomic E-state index is 6.26. The summed E-state index contributed by atoms with van der Waals surface area (Å²) in [6, 6.07) is 6.79. The fraction of sp³-hybridized carbons (Fsp3) is 0.538. The van der Waals surface area contributed by atoms with Gasteiger partial charge in [0.1, 0.15) is 5.75 Å². The zero-order chi connectivity index (χ0) is 12.3. The monoisotopic (exact) mass is 254 g/mol. The number of ether oxygens (including phenoxy) is 1. The van der Waals surface area contributed by atoms with Gasteiger partial charge in [0.05, 0.1) is 7.11 Å². The summed E-state index contributed by atoms with van der Waals surface area (Å²) in [6.45, 7) is 0.910. The Morgan fingerprint density at radius 2 is 2.24 bits per heavy atom. The minimum Gasteiger partial charge on any atom is -0.497 e. The van der Waals surface area contributed by atoms with Crippen molar-refractivity contribution in [1.29, 1.82) is 0 Å². The highest BCUT2D eigenvalue weighted by Gasteiger charge is 2.22. The lowest BCUT2D eigenvalue weighted by molar-refractivity contribution is 0.414. The first-order valence-corrected chi connectivity index (χ1v) is 6.36. The van der Waals surface area contributed by atoms with Crippen molar-refractivity contribution in [1.82, 2.24) is 10.6 Å². The molecule has 2 N–H and O–H groups in total. The number of rotatable bonds is 6. The van der Waals surface area contributed by atoms with Crippen LogP contribution in [0.1, 0.15) is 24.4 Å². The van der Waals surface area contributed by atoms with Crippen molar-refractivity contribution in [3.63, 3.8) is 0 Å². The van der Waals surface area contributed by atoms with Crippen LogP contribution < -0.4 is 15.4 Å². The van der Waals surface area contributed by atoms with E-state index in [1.165, 1.54) is 12.8 Å². The number of hydrogen-bond donors (Lipinski definition) is 2. The van der Waals surface area contributed by atoms with Gasteiger partial charge >= 0.3 is 0 Å². The summed E-state index contributed by atoms with van der Waals surface area (Å²) >= 11 is 6.26. The van der Waals surface area contributed by atoms with Gasteiger partial charge in [0.15, 0.2) is 0 Å². The Kier molecular flexibility index (Phi) is 4.26. The third-order valence-electron chi connectivity index (χ3n) is 3.12. The van der Waals surface area contributed by atoms with Gasteiger partial charge in [-0.05, 0) is 37.6 Å². The van der Waals surface area contributed by atoms with E-state index >= 15 is 0 Å². The molecule has 2 rings (SSSR count). The quantitative estimate of drug-likeness (QED) is 0.818. The van der Waals surface area contributed by atoms with Crippen LogP contribution in [0.25, 0.3) is 0 Å². The molecule has 1 fully saturated rings. The van der Waals surface area contributed by atoms with Gasteiger partial charge in [-0.2, -0.15) is 0 Å². The Morgan fingerprint density at radius 1 is 1.47 bits per heavy atom. The van der Waals surface area contributed by atoms with Gasteiger partial charge < -0.3 is 15.4 Å². The van der Waals surface area contributed by atoms with E-state index in [4.69, 9.17) is 16.3 Å². The average Bonchev–Trinajstić information content (AvgIpc) is 3.15. The molecule has 0 bridgehead atoms. The first-order chi connectivity index (χ1) is 8.24. The van der Waals surface area contributed by atoms with E-state index in [0.717, 1.165) is 22.9 Å². The first-order valence-electron chi connectivity index (χ1n) is 5.98. The van der Waals surface area contributed by atoms with Crippen LogP contribution in [0.2, 0.25) is 5.02 Å². The lowest BCUT2D eigenvalue weighted by atomic mass is 10.1. The van der Waals surface area contributed by atoms with Gasteiger partial charge in [-0.25, -0.2) is 0 Å². The van der Waals surface area contributed by atoms with Gasteiger partial charge in [0.25, 0.3) is 0 Å². The number of likely N-dealkylation sites (N-methyl/N-ethyl adjacent to an activating group) is 1. The molecule has 1 aliphatic rings. The first kappa shape index (κ1) is 12.7. The molecule has 1 aromatic rings. The highest BCUT2D eigenvalue weighted by atomic mass is 35.5. The molecule has 4 heteroatoms. The molecule has 94 valence electrons. The third-order valence-corrected chi connectivity index (χ3v) is 3.45. The van der Waals surface area contributed by atoms with Crippen molar-refractivity contribution in [2.75, 3.05) is 20.7 Å². The van der Waals surface area contributed by atoms with E-state index in [1.807, 2.05) is 25.2 Å². The van der Waals surface area contributed by atoms with Crippen LogP contribution in [-0.4, -0.2) is 26.7 Å². The molecule has 3 nitrogen and oxygen atoms in total. The Labute approximate surface area is 107 Å². The molecule has 0 saturated heterocycles. The van der Waals surface area contributed by atoms with Crippen molar-refractivity contribution in [2.45, 2.75) is 24.9 Å². The smallest absolute Gasteiger partial charge is 0.120 e. The Hall–Kier alpha value is -0.770. The minimum absolute atomic E-state index is 0.244. The standard InChI is InChI=1S/C13H19ClN2O/c1-15-13(8-16-9-3-4-9)11-6-5-10(17-2)7-12(11)14/h5-7,9,13,15-16H,3-4,8H2,1-2H3. The van der Waals surface area contributed by atoms with Crippen molar-refractivity contribution in [3.8, 4) is 5.75 Å². The lowest BCUT2D eigenvalue weighted by Gasteiger charge is -2.19. The molecule has 0 heterocycles. The van der Waals surface area contributed by atoms with Crippen LogP contribution in [0.4, 0.5) is 0 Å². The second kappa shape index (κ2) is 5.71. The summed E-state index contributed by atoms with van der Waals surface area (Å²) in [6.07, 6.45) is 2.60. The Balaban J connectivity index is 2.05.